The van der Waals surface area contributed by atoms with Gasteiger partial charge in [0.15, 0.2) is 9.84 Å². The lowest BCUT2D eigenvalue weighted by Gasteiger charge is -2.07. The maximum Gasteiger partial charge on any atom is 0.338 e. The Morgan fingerprint density at radius 3 is 2.40 bits per heavy atom. The van der Waals surface area contributed by atoms with Gasteiger partial charge in [-0.3, -0.25) is 4.79 Å². The molecule has 0 fully saturated rings. The molecule has 1 amide bonds. The molecule has 1 aromatic heterocycles. The van der Waals surface area contributed by atoms with Gasteiger partial charge in [0.1, 0.15) is 5.75 Å². The van der Waals surface area contributed by atoms with Crippen molar-refractivity contribution in [2.45, 2.75) is 31.7 Å². The molecular formula is C22H24N2O5S. The standard InChI is InChI=1S/C22H24N2O5S/c1-3-13-24-14-20(18-7-5-6-8-19(18)24)30(27,28)15-21(25)23-17-11-9-16(10-12-17)22(26)29-4-2/h5-12,14H,3-4,13,15H2,1-2H3,(H,23,25). The van der Waals surface area contributed by atoms with E-state index in [-0.39, 0.29) is 11.5 Å². The largest absolute Gasteiger partial charge is 0.462 e. The van der Waals surface area contributed by atoms with E-state index in [0.717, 1.165) is 11.9 Å². The van der Waals surface area contributed by atoms with Crippen LogP contribution in [0.25, 0.3) is 10.9 Å². The number of para-hydroxylation sites is 1. The molecule has 1 N–H and O–H groups in total. The number of nitrogens with one attached hydrogen (secondary N) is 1. The van der Waals surface area contributed by atoms with Gasteiger partial charge in [-0.25, -0.2) is 13.2 Å². The molecule has 0 aliphatic rings. The Labute approximate surface area is 175 Å². The van der Waals surface area contributed by atoms with Crippen molar-refractivity contribution in [3.63, 3.8) is 0 Å². The molecule has 7 nitrogen and oxygen atoms in total. The Bertz CT molecular complexity index is 1160. The van der Waals surface area contributed by atoms with Gasteiger partial charge in [-0.05, 0) is 43.7 Å². The van der Waals surface area contributed by atoms with Crippen LogP contribution < -0.4 is 5.32 Å². The molecule has 3 aromatic rings. The normalized spacial score (nSPS) is 11.4. The summed E-state index contributed by atoms with van der Waals surface area (Å²) in [6, 6.07) is 13.4. The number of fused-ring (bicyclic) bond motifs is 1. The number of amides is 1. The summed E-state index contributed by atoms with van der Waals surface area (Å²) in [7, 11) is -3.84. The lowest BCUT2D eigenvalue weighted by Crippen LogP contribution is -2.23. The number of rotatable bonds is 8. The fourth-order valence-electron chi connectivity index (χ4n) is 3.24. The lowest BCUT2D eigenvalue weighted by molar-refractivity contribution is -0.113. The zero-order valence-electron chi connectivity index (χ0n) is 16.9. The second kappa shape index (κ2) is 9.13. The van der Waals surface area contributed by atoms with Gasteiger partial charge in [0.25, 0.3) is 0 Å². The van der Waals surface area contributed by atoms with Crippen molar-refractivity contribution in [3.8, 4) is 0 Å². The van der Waals surface area contributed by atoms with Crippen LogP contribution in [0, 0.1) is 0 Å². The molecule has 0 saturated heterocycles. The molecule has 0 aliphatic carbocycles. The summed E-state index contributed by atoms with van der Waals surface area (Å²) in [5.74, 6) is -1.78. The van der Waals surface area contributed by atoms with E-state index >= 15 is 0 Å². The Balaban J connectivity index is 1.77. The van der Waals surface area contributed by atoms with Gasteiger partial charge in [-0.2, -0.15) is 0 Å². The van der Waals surface area contributed by atoms with E-state index in [1.165, 1.54) is 24.3 Å². The number of esters is 1. The van der Waals surface area contributed by atoms with Crippen molar-refractivity contribution in [1.82, 2.24) is 4.57 Å². The van der Waals surface area contributed by atoms with Crippen molar-refractivity contribution >= 4 is 38.3 Å². The highest BCUT2D eigenvalue weighted by Crippen LogP contribution is 2.26. The summed E-state index contributed by atoms with van der Waals surface area (Å²) in [6.07, 6.45) is 2.46. The summed E-state index contributed by atoms with van der Waals surface area (Å²) in [5, 5.41) is 3.18. The maximum atomic E-state index is 12.9. The zero-order chi connectivity index (χ0) is 21.7. The van der Waals surface area contributed by atoms with Crippen LogP contribution in [-0.2, 0) is 25.9 Å². The SMILES string of the molecule is CCCn1cc(S(=O)(=O)CC(=O)Nc2ccc(C(=O)OCC)cc2)c2ccccc21. The minimum absolute atomic E-state index is 0.152. The number of aromatic nitrogens is 1. The number of ether oxygens (including phenoxy) is 1. The summed E-state index contributed by atoms with van der Waals surface area (Å²) in [5.41, 5.74) is 1.58. The smallest absolute Gasteiger partial charge is 0.338 e. The van der Waals surface area contributed by atoms with E-state index in [4.69, 9.17) is 4.74 Å². The summed E-state index contributed by atoms with van der Waals surface area (Å²) in [4.78, 5) is 24.2. The monoisotopic (exact) mass is 428 g/mol. The molecular weight excluding hydrogens is 404 g/mol. The number of carbonyl (C=O) groups excluding carboxylic acids is 2. The first-order valence-electron chi connectivity index (χ1n) is 9.73. The molecule has 0 spiro atoms. The van der Waals surface area contributed by atoms with Gasteiger partial charge in [0, 0.05) is 29.3 Å². The van der Waals surface area contributed by atoms with Crippen molar-refractivity contribution in [2.75, 3.05) is 17.7 Å². The van der Waals surface area contributed by atoms with Gasteiger partial charge < -0.3 is 14.6 Å². The minimum Gasteiger partial charge on any atom is -0.462 e. The molecule has 0 radical (unpaired) electrons. The second-order valence-corrected chi connectivity index (χ2v) is 8.77. The third-order valence-corrected chi connectivity index (χ3v) is 6.19. The molecule has 0 aliphatic heterocycles. The average Bonchev–Trinajstić information content (AvgIpc) is 3.08. The Morgan fingerprint density at radius 1 is 1.03 bits per heavy atom. The summed E-state index contributed by atoms with van der Waals surface area (Å²) < 4.78 is 32.7. The number of nitrogens with zero attached hydrogens (tertiary/aromatic N) is 1. The lowest BCUT2D eigenvalue weighted by atomic mass is 10.2. The molecule has 1 heterocycles. The zero-order valence-corrected chi connectivity index (χ0v) is 17.7. The molecule has 0 unspecified atom stereocenters. The summed E-state index contributed by atoms with van der Waals surface area (Å²) in [6.45, 7) is 4.69. The van der Waals surface area contributed by atoms with E-state index in [1.807, 2.05) is 23.6 Å². The predicted molar refractivity (Wildman–Crippen MR) is 115 cm³/mol. The molecule has 8 heteroatoms. The van der Waals surface area contributed by atoms with Crippen LogP contribution in [0.5, 0.6) is 0 Å². The Hall–Kier alpha value is -3.13. The van der Waals surface area contributed by atoms with Gasteiger partial charge in [-0.1, -0.05) is 25.1 Å². The van der Waals surface area contributed by atoms with Crippen molar-refractivity contribution in [1.29, 1.82) is 0 Å². The first kappa shape index (κ1) is 21.6. The van der Waals surface area contributed by atoms with Crippen LogP contribution in [0.1, 0.15) is 30.6 Å². The predicted octanol–water partition coefficient (Wildman–Crippen LogP) is 3.64. The molecule has 0 atom stereocenters. The number of anilines is 1. The quantitative estimate of drug-likeness (QED) is 0.553. The van der Waals surface area contributed by atoms with E-state index in [9.17, 15) is 18.0 Å². The van der Waals surface area contributed by atoms with E-state index in [2.05, 4.69) is 5.32 Å². The average molecular weight is 429 g/mol. The van der Waals surface area contributed by atoms with Gasteiger partial charge in [-0.15, -0.1) is 0 Å². The highest BCUT2D eigenvalue weighted by atomic mass is 32.2. The van der Waals surface area contributed by atoms with Crippen LogP contribution in [0.4, 0.5) is 5.69 Å². The van der Waals surface area contributed by atoms with Crippen LogP contribution in [0.3, 0.4) is 0 Å². The van der Waals surface area contributed by atoms with Gasteiger partial charge in [0.05, 0.1) is 17.1 Å². The second-order valence-electron chi connectivity index (χ2n) is 6.81. The maximum absolute atomic E-state index is 12.9. The van der Waals surface area contributed by atoms with Crippen LogP contribution in [-0.4, -0.2) is 37.2 Å². The van der Waals surface area contributed by atoms with Gasteiger partial charge >= 0.3 is 5.97 Å². The number of benzene rings is 2. The van der Waals surface area contributed by atoms with E-state index in [1.54, 1.807) is 25.3 Å². The number of carbonyl (C=O) groups is 2. The highest BCUT2D eigenvalue weighted by Gasteiger charge is 2.24. The minimum atomic E-state index is -3.84. The topological polar surface area (TPSA) is 94.5 Å². The van der Waals surface area contributed by atoms with Crippen LogP contribution in [0.2, 0.25) is 0 Å². The first-order valence-corrected chi connectivity index (χ1v) is 11.4. The molecule has 0 bridgehead atoms. The molecule has 0 saturated carbocycles. The van der Waals surface area contributed by atoms with Crippen molar-refractivity contribution < 1.29 is 22.7 Å². The Kier molecular flexibility index (Phi) is 6.56. The van der Waals surface area contributed by atoms with Crippen LogP contribution in [0.15, 0.2) is 59.6 Å². The van der Waals surface area contributed by atoms with Crippen molar-refractivity contribution in [3.05, 3.63) is 60.3 Å². The number of aryl methyl sites for hydroxylation is 1. The fourth-order valence-corrected chi connectivity index (χ4v) is 4.61. The van der Waals surface area contributed by atoms with E-state index in [0.29, 0.717) is 23.2 Å². The van der Waals surface area contributed by atoms with Crippen LogP contribution >= 0.6 is 0 Å². The van der Waals surface area contributed by atoms with Crippen molar-refractivity contribution in [2.24, 2.45) is 0 Å². The summed E-state index contributed by atoms with van der Waals surface area (Å²) >= 11 is 0. The van der Waals surface area contributed by atoms with Gasteiger partial charge in [0.2, 0.25) is 5.91 Å². The third kappa shape index (κ3) is 4.71. The molecule has 158 valence electrons. The number of sulfone groups is 1. The third-order valence-electron chi connectivity index (χ3n) is 4.55. The molecule has 2 aromatic carbocycles. The number of hydrogen-bond donors (Lipinski definition) is 1. The molecule has 30 heavy (non-hydrogen) atoms. The Morgan fingerprint density at radius 2 is 1.73 bits per heavy atom. The number of hydrogen-bond acceptors (Lipinski definition) is 5. The highest BCUT2D eigenvalue weighted by molar-refractivity contribution is 7.92. The molecule has 3 rings (SSSR count). The first-order chi connectivity index (χ1) is 14.4. The fraction of sp³-hybridized carbons (Fsp3) is 0.273. The van der Waals surface area contributed by atoms with E-state index < -0.39 is 27.5 Å².